The van der Waals surface area contributed by atoms with Gasteiger partial charge in [-0.3, -0.25) is 4.79 Å². The molecule has 0 radical (unpaired) electrons. The Bertz CT molecular complexity index is 441. The van der Waals surface area contributed by atoms with Crippen LogP contribution >= 0.6 is 0 Å². The lowest BCUT2D eigenvalue weighted by Crippen LogP contribution is -2.30. The van der Waals surface area contributed by atoms with Crippen molar-refractivity contribution in [1.82, 2.24) is 10.2 Å². The first-order valence-corrected chi connectivity index (χ1v) is 7.91. The second-order valence-electron chi connectivity index (χ2n) is 6.51. The molecule has 3 heteroatoms. The van der Waals surface area contributed by atoms with Gasteiger partial charge in [0.15, 0.2) is 0 Å². The lowest BCUT2D eigenvalue weighted by Gasteiger charge is -2.15. The molecule has 0 unspecified atom stereocenters. The molecule has 1 rings (SSSR count). The Labute approximate surface area is 129 Å². The first kappa shape index (κ1) is 17.7. The molecule has 118 valence electrons. The van der Waals surface area contributed by atoms with Gasteiger partial charge in [0.2, 0.25) is 5.91 Å². The van der Waals surface area contributed by atoms with E-state index < -0.39 is 0 Å². The van der Waals surface area contributed by atoms with Crippen LogP contribution in [0.5, 0.6) is 0 Å². The molecule has 1 aromatic rings. The van der Waals surface area contributed by atoms with Crippen LogP contribution in [0.25, 0.3) is 0 Å². The molecule has 0 aliphatic heterocycles. The van der Waals surface area contributed by atoms with Crippen LogP contribution in [0.4, 0.5) is 0 Å². The number of carbonyl (C=O) groups is 1. The van der Waals surface area contributed by atoms with Crippen molar-refractivity contribution in [3.05, 3.63) is 35.4 Å². The number of rotatable bonds is 8. The van der Waals surface area contributed by atoms with Crippen LogP contribution in [-0.4, -0.2) is 38.0 Å². The number of amides is 1. The molecule has 0 bridgehead atoms. The van der Waals surface area contributed by atoms with E-state index >= 15 is 0 Å². The van der Waals surface area contributed by atoms with E-state index in [0.29, 0.717) is 5.92 Å². The topological polar surface area (TPSA) is 32.3 Å². The molecule has 1 amide bonds. The fourth-order valence-electron chi connectivity index (χ4n) is 2.37. The van der Waals surface area contributed by atoms with Gasteiger partial charge in [-0.15, -0.1) is 0 Å². The van der Waals surface area contributed by atoms with Crippen molar-refractivity contribution in [2.45, 2.75) is 39.5 Å². The molecule has 0 saturated carbocycles. The second kappa shape index (κ2) is 8.83. The van der Waals surface area contributed by atoms with E-state index in [1.54, 1.807) is 0 Å². The molecular weight excluding hydrogens is 260 g/mol. The highest BCUT2D eigenvalue weighted by Crippen LogP contribution is 2.18. The third kappa shape index (κ3) is 6.76. The third-order valence-corrected chi connectivity index (χ3v) is 3.57. The van der Waals surface area contributed by atoms with Crippen LogP contribution in [0, 0.1) is 5.92 Å². The zero-order valence-corrected chi connectivity index (χ0v) is 14.1. The van der Waals surface area contributed by atoms with E-state index in [-0.39, 0.29) is 11.8 Å². The maximum absolute atomic E-state index is 12.2. The number of hydrogen-bond donors (Lipinski definition) is 1. The Kier molecular flexibility index (Phi) is 7.44. The lowest BCUT2D eigenvalue weighted by atomic mass is 9.95. The SMILES string of the molecule is CC(C)Cc1cccc([C@@H](C)C(=O)NCCCN(C)C)c1. The molecule has 0 heterocycles. The van der Waals surface area contributed by atoms with Gasteiger partial charge in [-0.2, -0.15) is 0 Å². The fourth-order valence-corrected chi connectivity index (χ4v) is 2.37. The average Bonchev–Trinajstić information content (AvgIpc) is 2.42. The summed E-state index contributed by atoms with van der Waals surface area (Å²) in [4.78, 5) is 14.3. The van der Waals surface area contributed by atoms with Gasteiger partial charge in [-0.25, -0.2) is 0 Å². The van der Waals surface area contributed by atoms with Gasteiger partial charge in [0.05, 0.1) is 5.92 Å². The Morgan fingerprint density at radius 1 is 1.24 bits per heavy atom. The molecule has 21 heavy (non-hydrogen) atoms. The Morgan fingerprint density at radius 2 is 1.95 bits per heavy atom. The summed E-state index contributed by atoms with van der Waals surface area (Å²) in [6.45, 7) is 8.16. The predicted octanol–water partition coefficient (Wildman–Crippen LogP) is 3.06. The molecule has 1 N–H and O–H groups in total. The number of carbonyl (C=O) groups excluding carboxylic acids is 1. The normalized spacial score (nSPS) is 12.7. The molecule has 0 aliphatic carbocycles. The lowest BCUT2D eigenvalue weighted by molar-refractivity contribution is -0.122. The van der Waals surface area contributed by atoms with Crippen LogP contribution in [0.3, 0.4) is 0 Å². The van der Waals surface area contributed by atoms with Crippen LogP contribution < -0.4 is 5.32 Å². The first-order valence-electron chi connectivity index (χ1n) is 7.91. The highest BCUT2D eigenvalue weighted by Gasteiger charge is 2.15. The summed E-state index contributed by atoms with van der Waals surface area (Å²) in [5.74, 6) is 0.669. The van der Waals surface area contributed by atoms with Gasteiger partial charge < -0.3 is 10.2 Å². The van der Waals surface area contributed by atoms with Crippen molar-refractivity contribution < 1.29 is 4.79 Å². The molecule has 3 nitrogen and oxygen atoms in total. The second-order valence-corrected chi connectivity index (χ2v) is 6.51. The van der Waals surface area contributed by atoms with Gasteiger partial charge in [0.1, 0.15) is 0 Å². The van der Waals surface area contributed by atoms with E-state index in [2.05, 4.69) is 42.3 Å². The number of hydrogen-bond acceptors (Lipinski definition) is 2. The zero-order chi connectivity index (χ0) is 15.8. The van der Waals surface area contributed by atoms with Crippen molar-refractivity contribution in [1.29, 1.82) is 0 Å². The molecule has 0 aliphatic rings. The maximum Gasteiger partial charge on any atom is 0.227 e. The summed E-state index contributed by atoms with van der Waals surface area (Å²) in [5, 5.41) is 3.03. The number of nitrogens with one attached hydrogen (secondary N) is 1. The van der Waals surface area contributed by atoms with Crippen molar-refractivity contribution in [2.75, 3.05) is 27.2 Å². The summed E-state index contributed by atoms with van der Waals surface area (Å²) in [7, 11) is 4.09. The molecule has 1 atom stereocenters. The number of benzene rings is 1. The van der Waals surface area contributed by atoms with Gasteiger partial charge in [-0.05, 0) is 57.5 Å². The highest BCUT2D eigenvalue weighted by molar-refractivity contribution is 5.83. The third-order valence-electron chi connectivity index (χ3n) is 3.57. The predicted molar refractivity (Wildman–Crippen MR) is 89.6 cm³/mol. The van der Waals surface area contributed by atoms with E-state index in [4.69, 9.17) is 0 Å². The van der Waals surface area contributed by atoms with Crippen molar-refractivity contribution in [2.24, 2.45) is 5.92 Å². The van der Waals surface area contributed by atoms with Gasteiger partial charge >= 0.3 is 0 Å². The molecule has 0 spiro atoms. The van der Waals surface area contributed by atoms with Gasteiger partial charge in [0, 0.05) is 6.54 Å². The van der Waals surface area contributed by atoms with E-state index in [1.165, 1.54) is 5.56 Å². The summed E-state index contributed by atoms with van der Waals surface area (Å²) in [5.41, 5.74) is 2.42. The standard InChI is InChI=1S/C18H30N2O/c1-14(2)12-16-8-6-9-17(13-16)15(3)18(21)19-10-7-11-20(4)5/h6,8-9,13-15H,7,10-12H2,1-5H3,(H,19,21)/t15-/m1/s1. The van der Waals surface area contributed by atoms with E-state index in [0.717, 1.165) is 31.5 Å². The van der Waals surface area contributed by atoms with Crippen molar-refractivity contribution in [3.8, 4) is 0 Å². The summed E-state index contributed by atoms with van der Waals surface area (Å²) in [6, 6.07) is 8.42. The fraction of sp³-hybridized carbons (Fsp3) is 0.611. The summed E-state index contributed by atoms with van der Waals surface area (Å²) >= 11 is 0. The molecule has 0 aromatic heterocycles. The van der Waals surface area contributed by atoms with E-state index in [9.17, 15) is 4.79 Å². The molecule has 1 aromatic carbocycles. The average molecular weight is 290 g/mol. The zero-order valence-electron chi connectivity index (χ0n) is 14.1. The Morgan fingerprint density at radius 3 is 2.57 bits per heavy atom. The molecule has 0 saturated heterocycles. The summed E-state index contributed by atoms with van der Waals surface area (Å²) in [6.07, 6.45) is 2.05. The van der Waals surface area contributed by atoms with Gasteiger partial charge in [0.25, 0.3) is 0 Å². The van der Waals surface area contributed by atoms with Gasteiger partial charge in [-0.1, -0.05) is 38.1 Å². The van der Waals surface area contributed by atoms with Crippen LogP contribution in [-0.2, 0) is 11.2 Å². The van der Waals surface area contributed by atoms with Crippen molar-refractivity contribution >= 4 is 5.91 Å². The van der Waals surface area contributed by atoms with Crippen LogP contribution in [0.15, 0.2) is 24.3 Å². The first-order chi connectivity index (χ1) is 9.90. The number of nitrogens with zero attached hydrogens (tertiary/aromatic N) is 1. The molecular formula is C18H30N2O. The minimum Gasteiger partial charge on any atom is -0.356 e. The highest BCUT2D eigenvalue weighted by atomic mass is 16.1. The van der Waals surface area contributed by atoms with Crippen molar-refractivity contribution in [3.63, 3.8) is 0 Å². The van der Waals surface area contributed by atoms with Crippen LogP contribution in [0.1, 0.15) is 44.2 Å². The largest absolute Gasteiger partial charge is 0.356 e. The van der Waals surface area contributed by atoms with E-state index in [1.807, 2.05) is 27.1 Å². The summed E-state index contributed by atoms with van der Waals surface area (Å²) < 4.78 is 0. The Hall–Kier alpha value is -1.35. The smallest absolute Gasteiger partial charge is 0.227 e. The Balaban J connectivity index is 2.53. The quantitative estimate of drug-likeness (QED) is 0.746. The minimum absolute atomic E-state index is 0.0866. The molecule has 0 fully saturated rings. The van der Waals surface area contributed by atoms with Crippen LogP contribution in [0.2, 0.25) is 0 Å². The monoisotopic (exact) mass is 290 g/mol. The maximum atomic E-state index is 12.2. The minimum atomic E-state index is -0.0866.